The lowest BCUT2D eigenvalue weighted by atomic mass is 9.81. The number of allylic oxidation sites excluding steroid dienone is 1. The quantitative estimate of drug-likeness (QED) is 0.733. The van der Waals surface area contributed by atoms with E-state index in [9.17, 15) is 0 Å². The molecule has 0 radical (unpaired) electrons. The predicted molar refractivity (Wildman–Crippen MR) is 62.8 cm³/mol. The fraction of sp³-hybridized carbons (Fsp3) is 0.429. The van der Waals surface area contributed by atoms with Gasteiger partial charge in [0.25, 0.3) is 0 Å². The van der Waals surface area contributed by atoms with Crippen LogP contribution in [0.3, 0.4) is 0 Å². The smallest absolute Gasteiger partial charge is 0.0237 e. The van der Waals surface area contributed by atoms with Gasteiger partial charge in [-0.15, -0.1) is 0 Å². The average Bonchev–Trinajstić information content (AvgIpc) is 2.82. The molecule has 1 heteroatoms. The zero-order valence-corrected chi connectivity index (χ0v) is 9.00. The first-order valence-electron chi connectivity index (χ1n) is 5.97. The van der Waals surface area contributed by atoms with Gasteiger partial charge in [0, 0.05) is 18.2 Å². The summed E-state index contributed by atoms with van der Waals surface area (Å²) >= 11 is 0. The molecule has 1 aliphatic heterocycles. The van der Waals surface area contributed by atoms with Crippen LogP contribution in [0.2, 0.25) is 0 Å². The minimum atomic E-state index is 0.650. The molecule has 1 aromatic rings. The second-order valence-corrected chi connectivity index (χ2v) is 4.52. The van der Waals surface area contributed by atoms with Crippen molar-refractivity contribution >= 4 is 0 Å². The SMILES string of the molecule is C1=C(C2CCCc3ccccc32)NCC1. The first-order valence-corrected chi connectivity index (χ1v) is 5.97. The van der Waals surface area contributed by atoms with E-state index in [1.165, 1.54) is 31.4 Å². The summed E-state index contributed by atoms with van der Waals surface area (Å²) in [6.45, 7) is 1.13. The molecule has 3 rings (SSSR count). The maximum Gasteiger partial charge on any atom is 0.0237 e. The van der Waals surface area contributed by atoms with Crippen molar-refractivity contribution < 1.29 is 0 Å². The Morgan fingerprint density at radius 2 is 2.13 bits per heavy atom. The van der Waals surface area contributed by atoms with Crippen LogP contribution in [0.25, 0.3) is 0 Å². The van der Waals surface area contributed by atoms with Crippen molar-refractivity contribution in [3.63, 3.8) is 0 Å². The zero-order valence-electron chi connectivity index (χ0n) is 9.00. The standard InChI is InChI=1S/C14H17N/c1-2-7-12-11(5-1)6-3-8-13(12)14-9-4-10-15-14/h1-2,5,7,9,13,15H,3-4,6,8,10H2. The molecule has 0 aromatic heterocycles. The van der Waals surface area contributed by atoms with Gasteiger partial charge in [0.2, 0.25) is 0 Å². The maximum absolute atomic E-state index is 3.53. The largest absolute Gasteiger partial charge is 0.388 e. The van der Waals surface area contributed by atoms with Gasteiger partial charge in [-0.25, -0.2) is 0 Å². The maximum atomic E-state index is 3.53. The molecule has 0 saturated carbocycles. The third kappa shape index (κ3) is 1.56. The molecule has 15 heavy (non-hydrogen) atoms. The van der Waals surface area contributed by atoms with Crippen LogP contribution in [0.4, 0.5) is 0 Å². The Kier molecular flexibility index (Phi) is 2.24. The van der Waals surface area contributed by atoms with E-state index < -0.39 is 0 Å². The summed E-state index contributed by atoms with van der Waals surface area (Å²) in [5, 5.41) is 3.53. The lowest BCUT2D eigenvalue weighted by molar-refractivity contribution is 0.584. The van der Waals surface area contributed by atoms with Gasteiger partial charge in [0.1, 0.15) is 0 Å². The van der Waals surface area contributed by atoms with Crippen molar-refractivity contribution in [1.82, 2.24) is 5.32 Å². The molecule has 1 atom stereocenters. The van der Waals surface area contributed by atoms with E-state index in [0.717, 1.165) is 6.54 Å². The fourth-order valence-corrected chi connectivity index (χ4v) is 2.86. The number of rotatable bonds is 1. The summed E-state index contributed by atoms with van der Waals surface area (Å²) in [5.41, 5.74) is 4.59. The van der Waals surface area contributed by atoms with Gasteiger partial charge in [-0.3, -0.25) is 0 Å². The molecule has 0 amide bonds. The first-order chi connectivity index (χ1) is 7.45. The lowest BCUT2D eigenvalue weighted by Crippen LogP contribution is -2.19. The molecule has 1 nitrogen and oxygen atoms in total. The van der Waals surface area contributed by atoms with Crippen molar-refractivity contribution in [3.8, 4) is 0 Å². The molecule has 1 unspecified atom stereocenters. The van der Waals surface area contributed by atoms with Crippen molar-refractivity contribution in [3.05, 3.63) is 47.2 Å². The average molecular weight is 199 g/mol. The van der Waals surface area contributed by atoms with Gasteiger partial charge in [-0.1, -0.05) is 30.3 Å². The lowest BCUT2D eigenvalue weighted by Gasteiger charge is -2.26. The number of hydrogen-bond donors (Lipinski definition) is 1. The number of hydrogen-bond acceptors (Lipinski definition) is 1. The summed E-state index contributed by atoms with van der Waals surface area (Å²) in [6, 6.07) is 8.93. The third-order valence-corrected chi connectivity index (χ3v) is 3.58. The highest BCUT2D eigenvalue weighted by Gasteiger charge is 2.24. The first kappa shape index (κ1) is 9.02. The second kappa shape index (κ2) is 3.73. The van der Waals surface area contributed by atoms with E-state index in [0.29, 0.717) is 5.92 Å². The summed E-state index contributed by atoms with van der Waals surface area (Å²) in [6.07, 6.45) is 7.50. The molecule has 0 bridgehead atoms. The van der Waals surface area contributed by atoms with Crippen LogP contribution in [-0.4, -0.2) is 6.54 Å². The Labute approximate surface area is 91.2 Å². The molecule has 0 spiro atoms. The summed E-state index contributed by atoms with van der Waals surface area (Å²) < 4.78 is 0. The topological polar surface area (TPSA) is 12.0 Å². The van der Waals surface area contributed by atoms with Gasteiger partial charge >= 0.3 is 0 Å². The van der Waals surface area contributed by atoms with E-state index in [2.05, 4.69) is 35.7 Å². The Morgan fingerprint density at radius 3 is 3.00 bits per heavy atom. The Morgan fingerprint density at radius 1 is 1.20 bits per heavy atom. The number of fused-ring (bicyclic) bond motifs is 1. The van der Waals surface area contributed by atoms with E-state index in [1.54, 1.807) is 11.1 Å². The molecular formula is C14H17N. The number of benzene rings is 1. The van der Waals surface area contributed by atoms with Gasteiger partial charge in [-0.2, -0.15) is 0 Å². The molecule has 1 N–H and O–H groups in total. The minimum absolute atomic E-state index is 0.650. The van der Waals surface area contributed by atoms with Gasteiger partial charge in [0.05, 0.1) is 0 Å². The third-order valence-electron chi connectivity index (χ3n) is 3.58. The molecule has 1 aromatic carbocycles. The van der Waals surface area contributed by atoms with Crippen LogP contribution in [-0.2, 0) is 6.42 Å². The molecule has 1 heterocycles. The van der Waals surface area contributed by atoms with Crippen LogP contribution in [0.1, 0.15) is 36.3 Å². The second-order valence-electron chi connectivity index (χ2n) is 4.52. The summed E-state index contributed by atoms with van der Waals surface area (Å²) in [5.74, 6) is 0.650. The van der Waals surface area contributed by atoms with Crippen LogP contribution in [0, 0.1) is 0 Å². The van der Waals surface area contributed by atoms with Crippen molar-refractivity contribution in [2.45, 2.75) is 31.6 Å². The van der Waals surface area contributed by atoms with Crippen LogP contribution < -0.4 is 5.32 Å². The Balaban J connectivity index is 1.98. The van der Waals surface area contributed by atoms with E-state index in [4.69, 9.17) is 0 Å². The zero-order chi connectivity index (χ0) is 10.1. The van der Waals surface area contributed by atoms with Crippen molar-refractivity contribution in [2.75, 3.05) is 6.54 Å². The molecule has 0 fully saturated rings. The van der Waals surface area contributed by atoms with Crippen LogP contribution >= 0.6 is 0 Å². The Bertz CT molecular complexity index is 392. The van der Waals surface area contributed by atoms with Crippen LogP contribution in [0.5, 0.6) is 0 Å². The highest BCUT2D eigenvalue weighted by atomic mass is 14.9. The highest BCUT2D eigenvalue weighted by Crippen LogP contribution is 2.36. The molecule has 1 aliphatic carbocycles. The fourth-order valence-electron chi connectivity index (χ4n) is 2.86. The predicted octanol–water partition coefficient (Wildman–Crippen LogP) is 2.98. The van der Waals surface area contributed by atoms with Gasteiger partial charge < -0.3 is 5.32 Å². The Hall–Kier alpha value is -1.24. The monoisotopic (exact) mass is 199 g/mol. The summed E-state index contributed by atoms with van der Waals surface area (Å²) in [7, 11) is 0. The van der Waals surface area contributed by atoms with Crippen molar-refractivity contribution in [2.24, 2.45) is 0 Å². The van der Waals surface area contributed by atoms with Gasteiger partial charge in [0.15, 0.2) is 0 Å². The van der Waals surface area contributed by atoms with E-state index in [-0.39, 0.29) is 0 Å². The van der Waals surface area contributed by atoms with Gasteiger partial charge in [-0.05, 0) is 36.8 Å². The summed E-state index contributed by atoms with van der Waals surface area (Å²) in [4.78, 5) is 0. The number of nitrogens with one attached hydrogen (secondary N) is 1. The molecule has 0 saturated heterocycles. The normalized spacial score (nSPS) is 24.3. The minimum Gasteiger partial charge on any atom is -0.388 e. The van der Waals surface area contributed by atoms with Crippen molar-refractivity contribution in [1.29, 1.82) is 0 Å². The molecule has 78 valence electrons. The molecule has 2 aliphatic rings. The highest BCUT2D eigenvalue weighted by molar-refractivity contribution is 5.38. The van der Waals surface area contributed by atoms with Crippen LogP contribution in [0.15, 0.2) is 36.0 Å². The van der Waals surface area contributed by atoms with E-state index in [1.807, 2.05) is 0 Å². The van der Waals surface area contributed by atoms with E-state index >= 15 is 0 Å². The molecular weight excluding hydrogens is 182 g/mol. The number of aryl methyl sites for hydroxylation is 1.